The Balaban J connectivity index is 2.14. The molecule has 2 aromatic rings. The largest absolute Gasteiger partial charge is 0.324 e. The number of aromatic nitrogens is 2. The third-order valence-corrected chi connectivity index (χ3v) is 2.98. The molecule has 2 amide bonds. The van der Waals surface area contributed by atoms with E-state index in [1.54, 1.807) is 24.0 Å². The highest BCUT2D eigenvalue weighted by Crippen LogP contribution is 2.22. The number of hydrogen-bond acceptors (Lipinski definition) is 2. The Kier molecular flexibility index (Phi) is 3.55. The molecule has 0 fully saturated rings. The van der Waals surface area contributed by atoms with Gasteiger partial charge in [-0.15, -0.1) is 0 Å². The Bertz CT molecular complexity index is 593. The van der Waals surface area contributed by atoms with Gasteiger partial charge in [0, 0.05) is 18.8 Å². The average Bonchev–Trinajstić information content (AvgIpc) is 2.69. The summed E-state index contributed by atoms with van der Waals surface area (Å²) < 4.78 is 1.61. The molecule has 0 saturated carbocycles. The maximum Gasteiger partial charge on any atom is 0.324 e. The predicted octanol–water partition coefficient (Wildman–Crippen LogP) is 2.99. The molecule has 19 heavy (non-hydrogen) atoms. The topological polar surface area (TPSA) is 59.0 Å². The number of aryl methyl sites for hydroxylation is 4. The number of hydrogen-bond donors (Lipinski definition) is 2. The van der Waals surface area contributed by atoms with E-state index < -0.39 is 0 Å². The van der Waals surface area contributed by atoms with E-state index in [9.17, 15) is 4.79 Å². The van der Waals surface area contributed by atoms with Crippen molar-refractivity contribution in [3.63, 3.8) is 0 Å². The van der Waals surface area contributed by atoms with Gasteiger partial charge < -0.3 is 5.32 Å². The molecule has 0 aliphatic rings. The lowest BCUT2D eigenvalue weighted by Crippen LogP contribution is -2.22. The van der Waals surface area contributed by atoms with Crippen molar-refractivity contribution in [1.82, 2.24) is 9.78 Å². The molecular weight excluding hydrogens is 240 g/mol. The van der Waals surface area contributed by atoms with E-state index in [0.29, 0.717) is 5.82 Å². The third-order valence-electron chi connectivity index (χ3n) is 2.98. The van der Waals surface area contributed by atoms with Gasteiger partial charge in [-0.3, -0.25) is 10.00 Å². The van der Waals surface area contributed by atoms with Gasteiger partial charge in [-0.05, 0) is 31.9 Å². The van der Waals surface area contributed by atoms with Crippen LogP contribution in [0, 0.1) is 20.8 Å². The zero-order valence-corrected chi connectivity index (χ0v) is 11.6. The number of nitrogens with one attached hydrogen (secondary N) is 2. The van der Waals surface area contributed by atoms with Gasteiger partial charge in [-0.1, -0.05) is 17.7 Å². The first-order valence-corrected chi connectivity index (χ1v) is 6.11. The van der Waals surface area contributed by atoms with Crippen LogP contribution in [0.4, 0.5) is 16.3 Å². The summed E-state index contributed by atoms with van der Waals surface area (Å²) in [5.41, 5.74) is 4.15. The van der Waals surface area contributed by atoms with E-state index in [2.05, 4.69) is 15.7 Å². The van der Waals surface area contributed by atoms with Crippen LogP contribution in [0.25, 0.3) is 0 Å². The van der Waals surface area contributed by atoms with Crippen LogP contribution in [-0.2, 0) is 7.05 Å². The monoisotopic (exact) mass is 258 g/mol. The first-order valence-electron chi connectivity index (χ1n) is 6.11. The van der Waals surface area contributed by atoms with Crippen LogP contribution in [-0.4, -0.2) is 15.8 Å². The van der Waals surface area contributed by atoms with Crippen LogP contribution >= 0.6 is 0 Å². The SMILES string of the molecule is Cc1cc(C)c(NC(=O)Nc2ccnn2C)c(C)c1. The van der Waals surface area contributed by atoms with Gasteiger partial charge in [0.1, 0.15) is 5.82 Å². The van der Waals surface area contributed by atoms with Crippen LogP contribution in [0.2, 0.25) is 0 Å². The van der Waals surface area contributed by atoms with Crippen molar-refractivity contribution in [2.24, 2.45) is 7.05 Å². The van der Waals surface area contributed by atoms with Gasteiger partial charge in [0.15, 0.2) is 0 Å². The predicted molar refractivity (Wildman–Crippen MR) is 76.5 cm³/mol. The van der Waals surface area contributed by atoms with Crippen LogP contribution in [0.5, 0.6) is 0 Å². The first-order chi connectivity index (χ1) is 8.97. The lowest BCUT2D eigenvalue weighted by molar-refractivity contribution is 0.262. The van der Waals surface area contributed by atoms with E-state index in [4.69, 9.17) is 0 Å². The fourth-order valence-electron chi connectivity index (χ4n) is 2.13. The van der Waals surface area contributed by atoms with E-state index in [-0.39, 0.29) is 6.03 Å². The van der Waals surface area contributed by atoms with Gasteiger partial charge >= 0.3 is 6.03 Å². The van der Waals surface area contributed by atoms with E-state index >= 15 is 0 Å². The average molecular weight is 258 g/mol. The molecule has 100 valence electrons. The minimum atomic E-state index is -0.265. The van der Waals surface area contributed by atoms with E-state index in [0.717, 1.165) is 16.8 Å². The molecule has 0 spiro atoms. The Labute approximate surface area is 112 Å². The van der Waals surface area contributed by atoms with Gasteiger partial charge in [0.05, 0.1) is 6.20 Å². The molecule has 5 nitrogen and oxygen atoms in total. The molecule has 0 aliphatic carbocycles. The molecule has 0 atom stereocenters. The van der Waals surface area contributed by atoms with Crippen LogP contribution in [0.3, 0.4) is 0 Å². The van der Waals surface area contributed by atoms with Crippen LogP contribution in [0.1, 0.15) is 16.7 Å². The van der Waals surface area contributed by atoms with Crippen molar-refractivity contribution < 1.29 is 4.79 Å². The zero-order valence-electron chi connectivity index (χ0n) is 11.6. The van der Waals surface area contributed by atoms with Crippen molar-refractivity contribution >= 4 is 17.5 Å². The highest BCUT2D eigenvalue weighted by atomic mass is 16.2. The molecular formula is C14H18N4O. The molecule has 1 aromatic carbocycles. The number of benzene rings is 1. The Morgan fingerprint density at radius 2 is 1.79 bits per heavy atom. The number of carbonyl (C=O) groups excluding carboxylic acids is 1. The standard InChI is InChI=1S/C14H18N4O/c1-9-7-10(2)13(11(3)8-9)17-14(19)16-12-5-6-15-18(12)4/h5-8H,1-4H3,(H2,16,17,19). The molecule has 0 bridgehead atoms. The van der Waals surface area contributed by atoms with E-state index in [1.165, 1.54) is 5.56 Å². The second-order valence-electron chi connectivity index (χ2n) is 4.69. The van der Waals surface area contributed by atoms with Gasteiger partial charge in [0.25, 0.3) is 0 Å². The second-order valence-corrected chi connectivity index (χ2v) is 4.69. The van der Waals surface area contributed by atoms with Crippen molar-refractivity contribution in [1.29, 1.82) is 0 Å². The Morgan fingerprint density at radius 3 is 2.32 bits per heavy atom. The number of rotatable bonds is 2. The molecule has 2 N–H and O–H groups in total. The zero-order chi connectivity index (χ0) is 14.0. The van der Waals surface area contributed by atoms with Crippen molar-refractivity contribution in [3.05, 3.63) is 41.1 Å². The second kappa shape index (κ2) is 5.14. The fourth-order valence-corrected chi connectivity index (χ4v) is 2.13. The smallest absolute Gasteiger partial charge is 0.307 e. The lowest BCUT2D eigenvalue weighted by Gasteiger charge is -2.13. The van der Waals surface area contributed by atoms with Crippen molar-refractivity contribution in [2.45, 2.75) is 20.8 Å². The fraction of sp³-hybridized carbons (Fsp3) is 0.286. The molecule has 0 aliphatic heterocycles. The quantitative estimate of drug-likeness (QED) is 0.870. The number of amides is 2. The summed E-state index contributed by atoms with van der Waals surface area (Å²) in [7, 11) is 1.78. The normalized spacial score (nSPS) is 10.3. The number of anilines is 2. The maximum absolute atomic E-state index is 12.0. The molecule has 1 heterocycles. The summed E-state index contributed by atoms with van der Waals surface area (Å²) in [6, 6.07) is 5.58. The van der Waals surface area contributed by atoms with E-state index in [1.807, 2.05) is 32.9 Å². The third kappa shape index (κ3) is 2.93. The van der Waals surface area contributed by atoms with Gasteiger partial charge in [-0.2, -0.15) is 5.10 Å². The Morgan fingerprint density at radius 1 is 1.16 bits per heavy atom. The molecule has 1 aromatic heterocycles. The number of urea groups is 1. The first kappa shape index (κ1) is 13.1. The highest BCUT2D eigenvalue weighted by Gasteiger charge is 2.09. The molecule has 0 radical (unpaired) electrons. The number of nitrogens with zero attached hydrogens (tertiary/aromatic N) is 2. The van der Waals surface area contributed by atoms with Crippen LogP contribution in [0.15, 0.2) is 24.4 Å². The summed E-state index contributed by atoms with van der Waals surface area (Å²) in [6.07, 6.45) is 1.64. The van der Waals surface area contributed by atoms with Crippen molar-refractivity contribution in [3.8, 4) is 0 Å². The molecule has 2 rings (SSSR count). The summed E-state index contributed by atoms with van der Waals surface area (Å²) >= 11 is 0. The molecule has 5 heteroatoms. The minimum Gasteiger partial charge on any atom is -0.307 e. The maximum atomic E-state index is 12.0. The van der Waals surface area contributed by atoms with Crippen LogP contribution < -0.4 is 10.6 Å². The summed E-state index contributed by atoms with van der Waals surface area (Å²) in [5, 5.41) is 9.64. The lowest BCUT2D eigenvalue weighted by atomic mass is 10.1. The molecule has 0 saturated heterocycles. The van der Waals surface area contributed by atoms with Gasteiger partial charge in [0.2, 0.25) is 0 Å². The van der Waals surface area contributed by atoms with Gasteiger partial charge in [-0.25, -0.2) is 4.79 Å². The van der Waals surface area contributed by atoms with Crippen molar-refractivity contribution in [2.75, 3.05) is 10.6 Å². The minimum absolute atomic E-state index is 0.265. The highest BCUT2D eigenvalue weighted by molar-refractivity contribution is 6.00. The summed E-state index contributed by atoms with van der Waals surface area (Å²) in [4.78, 5) is 12.0. The summed E-state index contributed by atoms with van der Waals surface area (Å²) in [5.74, 6) is 0.653. The summed E-state index contributed by atoms with van der Waals surface area (Å²) in [6.45, 7) is 6.01. The molecule has 0 unspecified atom stereocenters. The Hall–Kier alpha value is -2.30. The number of carbonyl (C=O) groups is 1.